The SMILES string of the molecule is ClC1=C(Cl)[C@]2(Cl)[C@H]3[C@H]([C@H](Cl)O[C@H]3Cl)[C@@]1(Cl)C2(Cl)Cl. The largest absolute Gasteiger partial charge is 0.343 e. The van der Waals surface area contributed by atoms with Gasteiger partial charge in [0.15, 0.2) is 4.33 Å². The molecule has 1 nitrogen and oxygen atoms in total. The Morgan fingerprint density at radius 2 is 1.11 bits per heavy atom. The minimum absolute atomic E-state index is 0.104. The Kier molecular flexibility index (Phi) is 3.37. The maximum atomic E-state index is 6.54. The molecular formula is C9H4Cl8O. The van der Waals surface area contributed by atoms with Gasteiger partial charge in [0, 0.05) is 11.8 Å². The summed E-state index contributed by atoms with van der Waals surface area (Å²) in [5, 5.41) is 0.208. The summed E-state index contributed by atoms with van der Waals surface area (Å²) in [5.74, 6) is -1.04. The lowest BCUT2D eigenvalue weighted by molar-refractivity contribution is 0.112. The van der Waals surface area contributed by atoms with E-state index in [1.54, 1.807) is 0 Å². The van der Waals surface area contributed by atoms with Gasteiger partial charge in [0.2, 0.25) is 0 Å². The molecule has 1 saturated heterocycles. The fraction of sp³-hybridized carbons (Fsp3) is 0.778. The Bertz CT molecular complexity index is 425. The molecule has 2 fully saturated rings. The monoisotopic (exact) mass is 408 g/mol. The van der Waals surface area contributed by atoms with Crippen molar-refractivity contribution in [2.45, 2.75) is 25.2 Å². The Balaban J connectivity index is 2.30. The second-order valence-electron chi connectivity index (χ2n) is 4.52. The third kappa shape index (κ3) is 1.27. The lowest BCUT2D eigenvalue weighted by Crippen LogP contribution is -2.47. The maximum absolute atomic E-state index is 6.54. The predicted octanol–water partition coefficient (Wildman–Crippen LogP) is 5.22. The van der Waals surface area contributed by atoms with Gasteiger partial charge in [-0.05, 0) is 0 Å². The van der Waals surface area contributed by atoms with Crippen LogP contribution in [0.4, 0.5) is 0 Å². The Morgan fingerprint density at radius 3 is 1.44 bits per heavy atom. The van der Waals surface area contributed by atoms with Crippen molar-refractivity contribution in [1.82, 2.24) is 0 Å². The first kappa shape index (κ1) is 14.9. The number of ether oxygens (including phenoxy) is 1. The van der Waals surface area contributed by atoms with Crippen LogP contribution >= 0.6 is 92.8 Å². The van der Waals surface area contributed by atoms with Crippen LogP contribution in [-0.2, 0) is 4.74 Å². The first-order valence-electron chi connectivity index (χ1n) is 4.87. The summed E-state index contributed by atoms with van der Waals surface area (Å²) in [5.41, 5.74) is -1.57. The van der Waals surface area contributed by atoms with Crippen molar-refractivity contribution in [2.75, 3.05) is 0 Å². The van der Waals surface area contributed by atoms with Gasteiger partial charge in [-0.25, -0.2) is 0 Å². The topological polar surface area (TPSA) is 9.23 Å². The Hall–Kier alpha value is 2.02. The van der Waals surface area contributed by atoms with Gasteiger partial charge in [-0.1, -0.05) is 69.6 Å². The van der Waals surface area contributed by atoms with Gasteiger partial charge in [0.1, 0.15) is 20.9 Å². The summed E-state index contributed by atoms with van der Waals surface area (Å²) in [6.07, 6.45) is 0. The van der Waals surface area contributed by atoms with Crippen molar-refractivity contribution in [3.8, 4) is 0 Å². The molecule has 1 aliphatic heterocycles. The van der Waals surface area contributed by atoms with Crippen LogP contribution in [0.2, 0.25) is 0 Å². The molecule has 2 aliphatic carbocycles. The van der Waals surface area contributed by atoms with Gasteiger partial charge in [0.05, 0.1) is 10.1 Å². The zero-order valence-corrected chi connectivity index (χ0v) is 14.3. The van der Waals surface area contributed by atoms with Crippen molar-refractivity contribution in [3.63, 3.8) is 0 Å². The lowest BCUT2D eigenvalue weighted by atomic mass is 9.84. The fourth-order valence-electron chi connectivity index (χ4n) is 3.05. The molecule has 0 radical (unpaired) electrons. The van der Waals surface area contributed by atoms with E-state index in [-0.39, 0.29) is 10.1 Å². The predicted molar refractivity (Wildman–Crippen MR) is 77.7 cm³/mol. The Labute approximate surface area is 143 Å². The molecule has 0 spiro atoms. The molecule has 9 heteroatoms. The number of hydrogen-bond acceptors (Lipinski definition) is 1. The van der Waals surface area contributed by atoms with Crippen molar-refractivity contribution in [2.24, 2.45) is 11.8 Å². The third-order valence-corrected chi connectivity index (χ3v) is 8.92. The summed E-state index contributed by atoms with van der Waals surface area (Å²) in [7, 11) is 0. The van der Waals surface area contributed by atoms with E-state index >= 15 is 0 Å². The van der Waals surface area contributed by atoms with Crippen LogP contribution < -0.4 is 0 Å². The highest BCUT2D eigenvalue weighted by molar-refractivity contribution is 6.66. The summed E-state index contributed by atoms with van der Waals surface area (Å²) in [6.45, 7) is 0. The zero-order valence-electron chi connectivity index (χ0n) is 8.24. The van der Waals surface area contributed by atoms with Gasteiger partial charge in [0.25, 0.3) is 0 Å². The summed E-state index contributed by atoms with van der Waals surface area (Å²) in [6, 6.07) is 0. The van der Waals surface area contributed by atoms with E-state index in [0.29, 0.717) is 0 Å². The minimum atomic E-state index is -1.61. The molecule has 3 aliphatic rings. The van der Waals surface area contributed by atoms with E-state index in [4.69, 9.17) is 97.5 Å². The molecule has 0 aromatic rings. The highest BCUT2D eigenvalue weighted by Gasteiger charge is 2.86. The smallest absolute Gasteiger partial charge is 0.167 e. The highest BCUT2D eigenvalue weighted by Crippen LogP contribution is 2.79. The van der Waals surface area contributed by atoms with Gasteiger partial charge in [-0.2, -0.15) is 0 Å². The molecule has 2 bridgehead atoms. The second-order valence-corrected chi connectivity index (χ2v) is 8.65. The molecule has 0 aromatic carbocycles. The minimum Gasteiger partial charge on any atom is -0.343 e. The van der Waals surface area contributed by atoms with Crippen LogP contribution in [0.3, 0.4) is 0 Å². The quantitative estimate of drug-likeness (QED) is 0.496. The van der Waals surface area contributed by atoms with E-state index in [2.05, 4.69) is 0 Å². The number of alkyl halides is 6. The van der Waals surface area contributed by atoms with Gasteiger partial charge >= 0.3 is 0 Å². The molecule has 1 heterocycles. The lowest BCUT2D eigenvalue weighted by Gasteiger charge is -2.34. The van der Waals surface area contributed by atoms with E-state index in [1.165, 1.54) is 0 Å². The van der Waals surface area contributed by atoms with Crippen molar-refractivity contribution in [3.05, 3.63) is 10.1 Å². The first-order valence-corrected chi connectivity index (χ1v) is 8.01. The number of allylic oxidation sites excluding steroid dienone is 2. The summed E-state index contributed by atoms with van der Waals surface area (Å²) < 4.78 is 3.72. The Morgan fingerprint density at radius 1 is 0.778 bits per heavy atom. The summed E-state index contributed by atoms with van der Waals surface area (Å²) >= 11 is 50.3. The van der Waals surface area contributed by atoms with Crippen molar-refractivity contribution < 1.29 is 4.74 Å². The molecule has 18 heavy (non-hydrogen) atoms. The number of hydrogen-bond donors (Lipinski definition) is 0. The van der Waals surface area contributed by atoms with Crippen LogP contribution in [0.5, 0.6) is 0 Å². The van der Waals surface area contributed by atoms with Crippen LogP contribution in [0.15, 0.2) is 10.1 Å². The van der Waals surface area contributed by atoms with Crippen molar-refractivity contribution >= 4 is 92.8 Å². The highest BCUT2D eigenvalue weighted by atomic mass is 35.5. The zero-order chi connectivity index (χ0) is 13.7. The third-order valence-electron chi connectivity index (χ3n) is 3.88. The number of fused-ring (bicyclic) bond motifs is 5. The van der Waals surface area contributed by atoms with Crippen LogP contribution in [0.1, 0.15) is 0 Å². The average Bonchev–Trinajstić information content (AvgIpc) is 2.68. The number of rotatable bonds is 0. The van der Waals surface area contributed by atoms with Crippen molar-refractivity contribution in [1.29, 1.82) is 0 Å². The molecule has 6 atom stereocenters. The van der Waals surface area contributed by atoms with Gasteiger partial charge in [-0.3, -0.25) is 0 Å². The molecule has 0 unspecified atom stereocenters. The molecule has 3 rings (SSSR count). The van der Waals surface area contributed by atoms with E-state index < -0.39 is 37.0 Å². The maximum Gasteiger partial charge on any atom is 0.167 e. The molecule has 0 N–H and O–H groups in total. The van der Waals surface area contributed by atoms with Gasteiger partial charge < -0.3 is 4.74 Å². The molecule has 0 aromatic heterocycles. The van der Waals surface area contributed by atoms with Crippen LogP contribution in [-0.4, -0.2) is 25.2 Å². The van der Waals surface area contributed by atoms with E-state index in [0.717, 1.165) is 0 Å². The summed E-state index contributed by atoms with van der Waals surface area (Å²) in [4.78, 5) is -2.81. The standard InChI is InChI=1S/C9H4Cl8O/c10-3-4(11)8(15)2-1(5(12)18-6(2)13)7(3,14)9(8,16)17/h1-2,5-6H/t1-,2+,5-,6-,7+,8-/m1/s1. The fourth-order valence-corrected chi connectivity index (χ4v) is 7.18. The average molecular weight is 412 g/mol. The normalized spacial score (nSPS) is 57.3. The van der Waals surface area contributed by atoms with Gasteiger partial charge in [-0.15, -0.1) is 23.2 Å². The molecular weight excluding hydrogens is 408 g/mol. The van der Waals surface area contributed by atoms with E-state index in [9.17, 15) is 0 Å². The van der Waals surface area contributed by atoms with Crippen LogP contribution in [0, 0.1) is 11.8 Å². The number of halogens is 8. The van der Waals surface area contributed by atoms with Crippen LogP contribution in [0.25, 0.3) is 0 Å². The second kappa shape index (κ2) is 4.06. The van der Waals surface area contributed by atoms with E-state index in [1.807, 2.05) is 0 Å². The molecule has 1 saturated carbocycles. The molecule has 102 valence electrons. The molecule has 0 amide bonds. The first-order chi connectivity index (χ1) is 8.11.